The van der Waals surface area contributed by atoms with Crippen LogP contribution in [0.2, 0.25) is 5.02 Å². The fourth-order valence-corrected chi connectivity index (χ4v) is 6.66. The summed E-state index contributed by atoms with van der Waals surface area (Å²) in [5, 5.41) is 4.03. The number of piperidine rings is 2. The molecule has 2 fully saturated rings. The van der Waals surface area contributed by atoms with E-state index < -0.39 is 5.91 Å². The molecule has 0 radical (unpaired) electrons. The van der Waals surface area contributed by atoms with Gasteiger partial charge >= 0.3 is 0 Å². The molecule has 2 aliphatic heterocycles. The lowest BCUT2D eigenvalue weighted by molar-refractivity contribution is -0.133. The first kappa shape index (κ1) is 33.2. The summed E-state index contributed by atoms with van der Waals surface area (Å²) >= 11 is 6.14. The van der Waals surface area contributed by atoms with E-state index in [0.29, 0.717) is 41.3 Å². The molecule has 10 heteroatoms. The van der Waals surface area contributed by atoms with Crippen molar-refractivity contribution < 1.29 is 23.5 Å². The molecule has 2 aliphatic rings. The Hall–Kier alpha value is -4.76. The summed E-state index contributed by atoms with van der Waals surface area (Å²) in [7, 11) is 2.99. The number of anilines is 1. The van der Waals surface area contributed by atoms with Crippen LogP contribution in [0.3, 0.4) is 0 Å². The number of rotatable bonds is 10. The Morgan fingerprint density at radius 2 is 1.67 bits per heavy atom. The van der Waals surface area contributed by atoms with Gasteiger partial charge in [-0.1, -0.05) is 53.6 Å². The summed E-state index contributed by atoms with van der Waals surface area (Å²) in [4.78, 5) is 43.5. The van der Waals surface area contributed by atoms with Gasteiger partial charge in [-0.2, -0.15) is 0 Å². The summed E-state index contributed by atoms with van der Waals surface area (Å²) in [5.74, 6) is 0.452. The molecular weight excluding hydrogens is 630 g/mol. The van der Waals surface area contributed by atoms with Gasteiger partial charge in [0.2, 0.25) is 5.91 Å². The van der Waals surface area contributed by atoms with Crippen LogP contribution < -0.4 is 25.1 Å². The first-order chi connectivity index (χ1) is 23.3. The lowest BCUT2D eigenvalue weighted by Crippen LogP contribution is -2.37. The van der Waals surface area contributed by atoms with Gasteiger partial charge in [0.1, 0.15) is 5.58 Å². The first-order valence-electron chi connectivity index (χ1n) is 16.4. The molecule has 3 heterocycles. The minimum Gasteiger partial charge on any atom is -0.493 e. The number of amides is 2. The van der Waals surface area contributed by atoms with Gasteiger partial charge in [0, 0.05) is 55.4 Å². The Labute approximate surface area is 285 Å². The summed E-state index contributed by atoms with van der Waals surface area (Å²) in [6.45, 7) is 3.09. The van der Waals surface area contributed by atoms with E-state index >= 15 is 0 Å². The summed E-state index contributed by atoms with van der Waals surface area (Å²) in [6.07, 6.45) is 6.98. The maximum Gasteiger partial charge on any atom is 0.287 e. The molecular formula is C38H40ClN3O6. The Morgan fingerprint density at radius 3 is 2.40 bits per heavy atom. The third kappa shape index (κ3) is 7.68. The monoisotopic (exact) mass is 669 g/mol. The number of hydrogen-bond acceptors (Lipinski definition) is 7. The minimum absolute atomic E-state index is 0.0853. The van der Waals surface area contributed by atoms with E-state index in [-0.39, 0.29) is 28.7 Å². The number of para-hydroxylation sites is 1. The standard InChI is InChI=1S/C38H40ClN3O6/c1-46-34-21-30-32(43)22-36(48-33(30)23-35(34)47-2)38(45)40-29(19-25-10-12-28(39)13-11-25)20-26-14-17-41(18-15-26)31-8-4-3-7-27(31)24-42-16-6-5-9-37(42)44/h3-4,7-8,10-13,20-23,29H,5-6,9,14-19,24H2,1-2H3,(H,40,45)/t29-/m1/s1. The van der Waals surface area contributed by atoms with Crippen molar-refractivity contribution in [2.24, 2.45) is 0 Å². The molecule has 0 spiro atoms. The Bertz CT molecular complexity index is 1880. The zero-order valence-electron chi connectivity index (χ0n) is 27.3. The van der Waals surface area contributed by atoms with Crippen LogP contribution in [0.5, 0.6) is 11.5 Å². The van der Waals surface area contributed by atoms with E-state index in [1.165, 1.54) is 37.1 Å². The lowest BCUT2D eigenvalue weighted by atomic mass is 9.97. The number of benzene rings is 3. The molecule has 2 saturated heterocycles. The number of methoxy groups -OCH3 is 2. The van der Waals surface area contributed by atoms with Crippen LogP contribution in [-0.4, -0.2) is 56.6 Å². The number of carbonyl (C=O) groups excluding carboxylic acids is 2. The highest BCUT2D eigenvalue weighted by Gasteiger charge is 2.24. The van der Waals surface area contributed by atoms with Gasteiger partial charge in [-0.3, -0.25) is 14.4 Å². The van der Waals surface area contributed by atoms with Crippen molar-refractivity contribution in [3.63, 3.8) is 0 Å². The maximum absolute atomic E-state index is 13.6. The third-order valence-electron chi connectivity index (χ3n) is 9.10. The van der Waals surface area contributed by atoms with E-state index in [2.05, 4.69) is 34.5 Å². The van der Waals surface area contributed by atoms with Crippen molar-refractivity contribution in [2.75, 3.05) is 38.8 Å². The van der Waals surface area contributed by atoms with Gasteiger partial charge in [0.15, 0.2) is 22.7 Å². The number of carbonyl (C=O) groups is 2. The van der Waals surface area contributed by atoms with Crippen LogP contribution in [0, 0.1) is 0 Å². The third-order valence-corrected chi connectivity index (χ3v) is 9.35. The number of hydrogen-bond donors (Lipinski definition) is 1. The number of nitrogens with one attached hydrogen (secondary N) is 1. The lowest BCUT2D eigenvalue weighted by Gasteiger charge is -2.34. The van der Waals surface area contributed by atoms with Gasteiger partial charge in [0.05, 0.1) is 25.6 Å². The van der Waals surface area contributed by atoms with Crippen LogP contribution in [-0.2, 0) is 17.8 Å². The van der Waals surface area contributed by atoms with E-state index in [4.69, 9.17) is 25.5 Å². The molecule has 6 rings (SSSR count). The van der Waals surface area contributed by atoms with Gasteiger partial charge < -0.3 is 29.0 Å². The Morgan fingerprint density at radius 1 is 0.938 bits per heavy atom. The number of fused-ring (bicyclic) bond motifs is 1. The van der Waals surface area contributed by atoms with E-state index in [1.54, 1.807) is 12.1 Å². The zero-order chi connectivity index (χ0) is 33.6. The molecule has 0 aliphatic carbocycles. The van der Waals surface area contributed by atoms with Crippen LogP contribution in [0.25, 0.3) is 11.0 Å². The van der Waals surface area contributed by atoms with E-state index in [1.807, 2.05) is 35.2 Å². The summed E-state index contributed by atoms with van der Waals surface area (Å²) in [5.41, 5.74) is 4.47. The second-order valence-electron chi connectivity index (χ2n) is 12.3. The second kappa shape index (κ2) is 15.0. The van der Waals surface area contributed by atoms with Crippen LogP contribution >= 0.6 is 11.6 Å². The highest BCUT2D eigenvalue weighted by Crippen LogP contribution is 2.32. The summed E-state index contributed by atoms with van der Waals surface area (Å²) in [6, 6.07) is 19.9. The number of ether oxygens (including phenoxy) is 2. The normalized spacial score (nSPS) is 15.7. The van der Waals surface area contributed by atoms with Crippen molar-refractivity contribution in [2.45, 2.75) is 51.1 Å². The zero-order valence-corrected chi connectivity index (χ0v) is 28.1. The molecule has 1 aromatic heterocycles. The Balaban J connectivity index is 1.20. The van der Waals surface area contributed by atoms with Crippen LogP contribution in [0.4, 0.5) is 5.69 Å². The molecule has 250 valence electrons. The van der Waals surface area contributed by atoms with Gasteiger partial charge in [0.25, 0.3) is 5.91 Å². The van der Waals surface area contributed by atoms with Crippen molar-refractivity contribution in [3.8, 4) is 11.5 Å². The Kier molecular flexibility index (Phi) is 10.3. The van der Waals surface area contributed by atoms with Crippen LogP contribution in [0.15, 0.2) is 87.6 Å². The van der Waals surface area contributed by atoms with Crippen molar-refractivity contribution >= 4 is 40.1 Å². The smallest absolute Gasteiger partial charge is 0.287 e. The average Bonchev–Trinajstić information content (AvgIpc) is 3.10. The fourth-order valence-electron chi connectivity index (χ4n) is 6.53. The quantitative estimate of drug-likeness (QED) is 0.191. The number of likely N-dealkylation sites (tertiary alicyclic amines) is 1. The van der Waals surface area contributed by atoms with Crippen molar-refractivity contribution in [1.82, 2.24) is 10.2 Å². The molecule has 2 amide bonds. The molecule has 0 bridgehead atoms. The SMILES string of the molecule is COc1cc2oc(C(=O)N[C@@H](C=C3CCN(c4ccccc4CN4CCCCC4=O)CC3)Cc3ccc(Cl)cc3)cc(=O)c2cc1OC. The summed E-state index contributed by atoms with van der Waals surface area (Å²) < 4.78 is 16.6. The molecule has 1 atom stereocenters. The maximum atomic E-state index is 13.6. The molecule has 4 aromatic rings. The molecule has 0 unspecified atom stereocenters. The predicted molar refractivity (Wildman–Crippen MR) is 187 cm³/mol. The topological polar surface area (TPSA) is 101 Å². The van der Waals surface area contributed by atoms with Crippen LogP contribution in [0.1, 0.15) is 53.8 Å². The van der Waals surface area contributed by atoms with Gasteiger partial charge in [-0.05, 0) is 67.5 Å². The fraction of sp³-hybridized carbons (Fsp3) is 0.342. The molecule has 48 heavy (non-hydrogen) atoms. The number of nitrogens with zero attached hydrogens (tertiary/aromatic N) is 2. The van der Waals surface area contributed by atoms with Gasteiger partial charge in [-0.15, -0.1) is 0 Å². The predicted octanol–water partition coefficient (Wildman–Crippen LogP) is 6.54. The van der Waals surface area contributed by atoms with E-state index in [9.17, 15) is 14.4 Å². The van der Waals surface area contributed by atoms with Crippen molar-refractivity contribution in [3.05, 3.63) is 111 Å². The molecule has 1 N–H and O–H groups in total. The van der Waals surface area contributed by atoms with Crippen molar-refractivity contribution in [1.29, 1.82) is 0 Å². The molecule has 3 aromatic carbocycles. The molecule has 0 saturated carbocycles. The highest BCUT2D eigenvalue weighted by molar-refractivity contribution is 6.30. The largest absolute Gasteiger partial charge is 0.493 e. The molecule has 9 nitrogen and oxygen atoms in total. The second-order valence-corrected chi connectivity index (χ2v) is 12.7. The number of halogens is 1. The first-order valence-corrected chi connectivity index (χ1v) is 16.7. The minimum atomic E-state index is -0.488. The highest BCUT2D eigenvalue weighted by atomic mass is 35.5. The average molecular weight is 670 g/mol. The van der Waals surface area contributed by atoms with E-state index in [0.717, 1.165) is 50.9 Å². The van der Waals surface area contributed by atoms with Gasteiger partial charge in [-0.25, -0.2) is 0 Å².